The summed E-state index contributed by atoms with van der Waals surface area (Å²) in [5, 5.41) is 4.94. The summed E-state index contributed by atoms with van der Waals surface area (Å²) in [6.45, 7) is 0. The Bertz CT molecular complexity index is 1190. The predicted octanol–water partition coefficient (Wildman–Crippen LogP) is 5.08. The molecule has 30 heavy (non-hydrogen) atoms. The quantitative estimate of drug-likeness (QED) is 0.555. The number of halogens is 3. The number of rotatable bonds is 5. The highest BCUT2D eigenvalue weighted by Gasteiger charge is 2.42. The van der Waals surface area contributed by atoms with E-state index in [9.17, 15) is 18.4 Å². The molecule has 0 fully saturated rings. The van der Waals surface area contributed by atoms with E-state index in [-0.39, 0.29) is 11.3 Å². The molecule has 1 N–H and O–H groups in total. The predicted molar refractivity (Wildman–Crippen MR) is 112 cm³/mol. The van der Waals surface area contributed by atoms with Crippen LogP contribution in [0.1, 0.15) is 4.88 Å². The van der Waals surface area contributed by atoms with Crippen molar-refractivity contribution in [1.29, 1.82) is 0 Å². The molecule has 4 rings (SSSR count). The first-order valence-corrected chi connectivity index (χ1v) is 9.89. The van der Waals surface area contributed by atoms with Crippen LogP contribution in [0.15, 0.2) is 59.6 Å². The second kappa shape index (κ2) is 7.89. The molecular weight excluding hydrogens is 434 g/mol. The van der Waals surface area contributed by atoms with E-state index in [0.717, 1.165) is 18.2 Å². The number of methoxy groups -OCH3 is 1. The van der Waals surface area contributed by atoms with Gasteiger partial charge in [0.05, 0.1) is 23.4 Å². The topological polar surface area (TPSA) is 58.6 Å². The van der Waals surface area contributed by atoms with Crippen LogP contribution < -0.4 is 15.0 Å². The lowest BCUT2D eigenvalue weighted by Gasteiger charge is -2.16. The summed E-state index contributed by atoms with van der Waals surface area (Å²) >= 11 is 7.39. The Hall–Kier alpha value is -3.23. The van der Waals surface area contributed by atoms with Crippen molar-refractivity contribution in [3.8, 4) is 5.75 Å². The first-order chi connectivity index (χ1) is 14.4. The summed E-state index contributed by atoms with van der Waals surface area (Å²) in [6.07, 6.45) is 0. The molecular formula is C21H13ClF2N2O3S. The fourth-order valence-electron chi connectivity index (χ4n) is 3.06. The SMILES string of the molecule is COc1ccc(NC2=C(c3cccs3)C(=O)N(c3cc(F)ccc3F)C2=O)cc1Cl. The molecule has 152 valence electrons. The summed E-state index contributed by atoms with van der Waals surface area (Å²) in [4.78, 5) is 27.4. The molecule has 2 heterocycles. The van der Waals surface area contributed by atoms with E-state index in [1.165, 1.54) is 24.5 Å². The van der Waals surface area contributed by atoms with Gasteiger partial charge in [-0.3, -0.25) is 9.59 Å². The van der Waals surface area contributed by atoms with Crippen molar-refractivity contribution >= 4 is 51.7 Å². The van der Waals surface area contributed by atoms with Gasteiger partial charge in [0, 0.05) is 16.6 Å². The largest absolute Gasteiger partial charge is 0.495 e. The zero-order valence-electron chi connectivity index (χ0n) is 15.4. The molecule has 3 aromatic rings. The number of ether oxygens (including phenoxy) is 1. The maximum Gasteiger partial charge on any atom is 0.282 e. The number of imide groups is 1. The van der Waals surface area contributed by atoms with E-state index < -0.39 is 29.1 Å². The standard InChI is InChI=1S/C21H13ClF2N2O3S/c1-29-16-7-5-12(10-13(16)22)25-19-18(17-3-2-8-30-17)20(27)26(21(19)28)15-9-11(23)4-6-14(15)24/h2-10,25H,1H3. The highest BCUT2D eigenvalue weighted by Crippen LogP contribution is 2.37. The third-order valence-electron chi connectivity index (χ3n) is 4.42. The highest BCUT2D eigenvalue weighted by atomic mass is 35.5. The van der Waals surface area contributed by atoms with E-state index >= 15 is 0 Å². The minimum atomic E-state index is -0.891. The first-order valence-electron chi connectivity index (χ1n) is 8.63. The Labute approximate surface area is 179 Å². The molecule has 1 aliphatic rings. The summed E-state index contributed by atoms with van der Waals surface area (Å²) < 4.78 is 33.2. The lowest BCUT2D eigenvalue weighted by molar-refractivity contribution is -0.120. The number of benzene rings is 2. The van der Waals surface area contributed by atoms with Crippen molar-refractivity contribution in [2.45, 2.75) is 0 Å². The smallest absolute Gasteiger partial charge is 0.282 e. The maximum atomic E-state index is 14.3. The van der Waals surface area contributed by atoms with Gasteiger partial charge in [-0.15, -0.1) is 11.3 Å². The molecule has 0 aliphatic carbocycles. The van der Waals surface area contributed by atoms with E-state index in [4.69, 9.17) is 16.3 Å². The van der Waals surface area contributed by atoms with Gasteiger partial charge in [0.2, 0.25) is 0 Å². The van der Waals surface area contributed by atoms with Gasteiger partial charge in [0.1, 0.15) is 23.1 Å². The van der Waals surface area contributed by atoms with Crippen LogP contribution in [0.3, 0.4) is 0 Å². The Morgan fingerprint density at radius 2 is 1.87 bits per heavy atom. The van der Waals surface area contributed by atoms with Crippen LogP contribution in [0.25, 0.3) is 5.57 Å². The van der Waals surface area contributed by atoms with Crippen molar-refractivity contribution < 1.29 is 23.1 Å². The summed E-state index contributed by atoms with van der Waals surface area (Å²) in [5.41, 5.74) is -0.0332. The number of carbonyl (C=O) groups excluding carboxylic acids is 2. The maximum absolute atomic E-state index is 14.3. The zero-order valence-corrected chi connectivity index (χ0v) is 17.0. The van der Waals surface area contributed by atoms with Gasteiger partial charge >= 0.3 is 0 Å². The molecule has 1 aliphatic heterocycles. The average molecular weight is 447 g/mol. The highest BCUT2D eigenvalue weighted by molar-refractivity contribution is 7.11. The number of thiophene rings is 1. The second-order valence-corrected chi connectivity index (χ2v) is 7.60. The van der Waals surface area contributed by atoms with E-state index in [1.54, 1.807) is 29.6 Å². The van der Waals surface area contributed by atoms with Gasteiger partial charge < -0.3 is 10.1 Å². The van der Waals surface area contributed by atoms with Gasteiger partial charge in [-0.2, -0.15) is 0 Å². The number of hydrogen-bond donors (Lipinski definition) is 1. The molecule has 9 heteroatoms. The van der Waals surface area contributed by atoms with Gasteiger partial charge in [-0.1, -0.05) is 17.7 Å². The third-order valence-corrected chi connectivity index (χ3v) is 5.60. The number of amides is 2. The lowest BCUT2D eigenvalue weighted by Crippen LogP contribution is -2.33. The minimum absolute atomic E-state index is 0.0607. The molecule has 2 amide bonds. The molecule has 1 aromatic heterocycles. The molecule has 5 nitrogen and oxygen atoms in total. The molecule has 0 radical (unpaired) electrons. The third kappa shape index (κ3) is 3.44. The number of hydrogen-bond acceptors (Lipinski definition) is 5. The Balaban J connectivity index is 1.81. The summed E-state index contributed by atoms with van der Waals surface area (Å²) in [5.74, 6) is -2.79. The minimum Gasteiger partial charge on any atom is -0.495 e. The normalized spacial score (nSPS) is 13.9. The number of nitrogens with zero attached hydrogens (tertiary/aromatic N) is 1. The van der Waals surface area contributed by atoms with Crippen LogP contribution in [0, 0.1) is 11.6 Å². The average Bonchev–Trinajstić information content (AvgIpc) is 3.31. The van der Waals surface area contributed by atoms with Gasteiger partial charge in [-0.25, -0.2) is 13.7 Å². The fraction of sp³-hybridized carbons (Fsp3) is 0.0476. The summed E-state index contributed by atoms with van der Waals surface area (Å²) in [6, 6.07) is 10.7. The van der Waals surface area contributed by atoms with Crippen molar-refractivity contribution in [3.05, 3.63) is 81.1 Å². The fourth-order valence-corrected chi connectivity index (χ4v) is 4.09. The first kappa shape index (κ1) is 20.1. The molecule has 0 spiro atoms. The van der Waals surface area contributed by atoms with Crippen LogP contribution >= 0.6 is 22.9 Å². The van der Waals surface area contributed by atoms with E-state index in [1.807, 2.05) is 0 Å². The van der Waals surface area contributed by atoms with Gasteiger partial charge in [0.25, 0.3) is 11.8 Å². The molecule has 0 saturated heterocycles. The van der Waals surface area contributed by atoms with Crippen LogP contribution in [0.4, 0.5) is 20.2 Å². The Morgan fingerprint density at radius 3 is 2.53 bits per heavy atom. The molecule has 0 atom stereocenters. The van der Waals surface area contributed by atoms with Crippen LogP contribution in [-0.4, -0.2) is 18.9 Å². The van der Waals surface area contributed by atoms with E-state index in [2.05, 4.69) is 5.32 Å². The molecule has 0 bridgehead atoms. The Morgan fingerprint density at radius 1 is 1.07 bits per heavy atom. The van der Waals surface area contributed by atoms with Crippen molar-refractivity contribution in [1.82, 2.24) is 0 Å². The van der Waals surface area contributed by atoms with Crippen molar-refractivity contribution in [3.63, 3.8) is 0 Å². The number of nitrogens with one attached hydrogen (secondary N) is 1. The van der Waals surface area contributed by atoms with Crippen LogP contribution in [0.2, 0.25) is 5.02 Å². The monoisotopic (exact) mass is 446 g/mol. The lowest BCUT2D eigenvalue weighted by atomic mass is 10.2. The van der Waals surface area contributed by atoms with E-state index in [0.29, 0.717) is 26.2 Å². The Kier molecular flexibility index (Phi) is 5.27. The number of anilines is 2. The van der Waals surface area contributed by atoms with Crippen molar-refractivity contribution in [2.75, 3.05) is 17.3 Å². The van der Waals surface area contributed by atoms with Crippen molar-refractivity contribution in [2.24, 2.45) is 0 Å². The molecule has 2 aromatic carbocycles. The van der Waals surface area contributed by atoms with Crippen LogP contribution in [0.5, 0.6) is 5.75 Å². The zero-order chi connectivity index (χ0) is 21.4. The molecule has 0 saturated carbocycles. The second-order valence-electron chi connectivity index (χ2n) is 6.24. The summed E-state index contributed by atoms with van der Waals surface area (Å²) in [7, 11) is 1.47. The number of carbonyl (C=O) groups is 2. The molecule has 0 unspecified atom stereocenters. The van der Waals surface area contributed by atoms with Gasteiger partial charge in [0.15, 0.2) is 0 Å². The van der Waals surface area contributed by atoms with Gasteiger partial charge in [-0.05, 0) is 41.8 Å². The van der Waals surface area contributed by atoms with Crippen LogP contribution in [-0.2, 0) is 9.59 Å².